The van der Waals surface area contributed by atoms with Gasteiger partial charge in [-0.15, -0.1) is 16.9 Å². The molecule has 14 nitrogen and oxygen atoms in total. The second-order valence-corrected chi connectivity index (χ2v) is 12.4. The number of carbonyl (C=O) groups excluding carboxylic acids is 3. The first-order chi connectivity index (χ1) is 20.0. The van der Waals surface area contributed by atoms with Crippen LogP contribution in [-0.4, -0.2) is 87.4 Å². The quantitative estimate of drug-likeness (QED) is 0.205. The minimum absolute atomic E-state index is 0.115. The van der Waals surface area contributed by atoms with Crippen molar-refractivity contribution in [3.05, 3.63) is 65.6 Å². The van der Waals surface area contributed by atoms with E-state index in [1.54, 1.807) is 69.6 Å². The molecule has 0 saturated carbocycles. The summed E-state index contributed by atoms with van der Waals surface area (Å²) in [5.41, 5.74) is 0.131. The van der Waals surface area contributed by atoms with Crippen molar-refractivity contribution in [1.82, 2.24) is 40.5 Å². The second kappa shape index (κ2) is 11.9. The van der Waals surface area contributed by atoms with E-state index in [1.165, 1.54) is 33.1 Å². The SMILES string of the molecule is CC(C)(C)OC(=O)N[C@@H](C(=O)NC1C(=O)N2C(C(=O)O)=C(CSc3n[nH]c(-n4cccn4)n3)CS[C@H]12)c1ccccc1. The molecule has 4 heterocycles. The second-order valence-electron chi connectivity index (χ2n) is 10.3. The monoisotopic (exact) mass is 612 g/mol. The first-order valence-electron chi connectivity index (χ1n) is 12.8. The van der Waals surface area contributed by atoms with Gasteiger partial charge in [-0.25, -0.2) is 19.4 Å². The maximum atomic E-state index is 13.4. The number of benzene rings is 1. The summed E-state index contributed by atoms with van der Waals surface area (Å²) in [6, 6.07) is 8.20. The van der Waals surface area contributed by atoms with E-state index in [9.17, 15) is 24.3 Å². The van der Waals surface area contributed by atoms with E-state index in [1.807, 2.05) is 0 Å². The first-order valence-corrected chi connectivity index (χ1v) is 14.9. The van der Waals surface area contributed by atoms with Crippen LogP contribution in [0.3, 0.4) is 0 Å². The summed E-state index contributed by atoms with van der Waals surface area (Å²) in [6.07, 6.45) is 2.52. The van der Waals surface area contributed by atoms with E-state index in [0.29, 0.717) is 28.0 Å². The van der Waals surface area contributed by atoms with E-state index < -0.39 is 46.9 Å². The summed E-state index contributed by atoms with van der Waals surface area (Å²) in [7, 11) is 0. The molecule has 0 radical (unpaired) electrons. The van der Waals surface area contributed by atoms with Gasteiger partial charge in [0, 0.05) is 23.9 Å². The summed E-state index contributed by atoms with van der Waals surface area (Å²) >= 11 is 2.57. The number of H-pyrrole nitrogens is 1. The molecule has 3 amide bonds. The number of nitrogens with one attached hydrogen (secondary N) is 3. The smallest absolute Gasteiger partial charge is 0.408 e. The van der Waals surface area contributed by atoms with Crippen LogP contribution in [0.5, 0.6) is 0 Å². The molecule has 16 heteroatoms. The number of thioether (sulfide) groups is 2. The van der Waals surface area contributed by atoms with Crippen LogP contribution in [0.2, 0.25) is 0 Å². The van der Waals surface area contributed by atoms with E-state index in [4.69, 9.17) is 4.74 Å². The van der Waals surface area contributed by atoms with Crippen LogP contribution in [0, 0.1) is 0 Å². The number of hydrogen-bond acceptors (Lipinski definition) is 10. The lowest BCUT2D eigenvalue weighted by Crippen LogP contribution is -2.71. The molecule has 1 saturated heterocycles. The highest BCUT2D eigenvalue weighted by Crippen LogP contribution is 2.41. The molecule has 2 aromatic heterocycles. The average Bonchev–Trinajstić information content (AvgIpc) is 3.65. The molecule has 1 aromatic carbocycles. The van der Waals surface area contributed by atoms with E-state index in [2.05, 4.69) is 30.9 Å². The van der Waals surface area contributed by atoms with Gasteiger partial charge in [0.25, 0.3) is 5.91 Å². The molecular formula is C26H28N8O6S2. The highest BCUT2D eigenvalue weighted by molar-refractivity contribution is 8.01. The molecule has 2 aliphatic rings. The van der Waals surface area contributed by atoms with Gasteiger partial charge in [0.05, 0.1) is 0 Å². The van der Waals surface area contributed by atoms with Crippen LogP contribution in [0.1, 0.15) is 32.4 Å². The fourth-order valence-electron chi connectivity index (χ4n) is 4.35. The zero-order valence-electron chi connectivity index (χ0n) is 22.8. The van der Waals surface area contributed by atoms with Crippen molar-refractivity contribution >= 4 is 47.4 Å². The van der Waals surface area contributed by atoms with Crippen LogP contribution >= 0.6 is 23.5 Å². The highest BCUT2D eigenvalue weighted by atomic mass is 32.2. The molecule has 220 valence electrons. The lowest BCUT2D eigenvalue weighted by Gasteiger charge is -2.49. The minimum atomic E-state index is -1.24. The minimum Gasteiger partial charge on any atom is -0.477 e. The molecule has 0 spiro atoms. The Balaban J connectivity index is 1.27. The summed E-state index contributed by atoms with van der Waals surface area (Å²) in [5.74, 6) is -1.43. The maximum absolute atomic E-state index is 13.4. The normalized spacial score (nSPS) is 19.0. The van der Waals surface area contributed by atoms with Gasteiger partial charge in [-0.2, -0.15) is 10.1 Å². The molecule has 4 N–H and O–H groups in total. The molecule has 0 aliphatic carbocycles. The maximum Gasteiger partial charge on any atom is 0.408 e. The van der Waals surface area contributed by atoms with Gasteiger partial charge < -0.3 is 20.5 Å². The van der Waals surface area contributed by atoms with Gasteiger partial charge in [-0.1, -0.05) is 42.1 Å². The van der Waals surface area contributed by atoms with Crippen molar-refractivity contribution in [3.63, 3.8) is 0 Å². The van der Waals surface area contributed by atoms with Crippen molar-refractivity contribution < 1.29 is 29.0 Å². The van der Waals surface area contributed by atoms with E-state index in [0.717, 1.165) is 0 Å². The number of β-lactam (4-membered cyclic amide) rings is 1. The summed E-state index contributed by atoms with van der Waals surface area (Å²) in [6.45, 7) is 5.11. The van der Waals surface area contributed by atoms with Gasteiger partial charge >= 0.3 is 12.1 Å². The van der Waals surface area contributed by atoms with Gasteiger partial charge in [0.15, 0.2) is 0 Å². The third-order valence-corrected chi connectivity index (χ3v) is 8.43. The van der Waals surface area contributed by atoms with E-state index >= 15 is 0 Å². The van der Waals surface area contributed by atoms with Crippen LogP contribution in [-0.2, 0) is 19.1 Å². The Labute approximate surface area is 248 Å². The van der Waals surface area contributed by atoms with Crippen molar-refractivity contribution in [2.45, 2.75) is 49.0 Å². The number of ether oxygens (including phenoxy) is 1. The number of carboxylic acid groups (broad SMARTS) is 1. The Kier molecular flexibility index (Phi) is 8.27. The van der Waals surface area contributed by atoms with Crippen LogP contribution in [0.4, 0.5) is 4.79 Å². The number of amides is 3. The van der Waals surface area contributed by atoms with Crippen LogP contribution in [0.25, 0.3) is 5.95 Å². The van der Waals surface area contributed by atoms with E-state index in [-0.39, 0.29) is 11.4 Å². The third-order valence-electron chi connectivity index (χ3n) is 6.15. The Morgan fingerprint density at radius 2 is 2.00 bits per heavy atom. The molecule has 1 unspecified atom stereocenters. The van der Waals surface area contributed by atoms with Crippen molar-refractivity contribution in [2.24, 2.45) is 0 Å². The summed E-state index contributed by atoms with van der Waals surface area (Å²) < 4.78 is 6.83. The Bertz CT molecular complexity index is 1520. The van der Waals surface area contributed by atoms with Gasteiger partial charge in [-0.3, -0.25) is 14.5 Å². The lowest BCUT2D eigenvalue weighted by molar-refractivity contribution is -0.151. The highest BCUT2D eigenvalue weighted by Gasteiger charge is 2.54. The van der Waals surface area contributed by atoms with Gasteiger partial charge in [0.2, 0.25) is 17.0 Å². The standard InChI is InChI=1S/C26H28N8O6S2/c1-26(2,3)40-25(39)29-16(14-8-5-4-6-9-14)19(35)28-17-20(36)34-18(22(37)38)15(12-41-21(17)34)13-42-24-30-23(31-32-24)33-11-7-10-27-33/h4-11,16-17,21H,12-13H2,1-3H3,(H,28,35)(H,29,39)(H,37,38)(H,30,31,32)/t16-,17?,21-/m1/s1. The summed E-state index contributed by atoms with van der Waals surface area (Å²) in [5, 5.41) is 26.1. The largest absolute Gasteiger partial charge is 0.477 e. The molecular weight excluding hydrogens is 584 g/mol. The van der Waals surface area contributed by atoms with Crippen LogP contribution < -0.4 is 10.6 Å². The number of alkyl carbamates (subject to hydrolysis) is 1. The number of aromatic amines is 1. The number of rotatable bonds is 9. The number of aromatic nitrogens is 5. The zero-order chi connectivity index (χ0) is 30.0. The number of carbonyl (C=O) groups is 4. The van der Waals surface area contributed by atoms with Crippen molar-refractivity contribution in [1.29, 1.82) is 0 Å². The molecule has 1 fully saturated rings. The number of hydrogen-bond donors (Lipinski definition) is 4. The molecule has 0 bridgehead atoms. The molecule has 42 heavy (non-hydrogen) atoms. The molecule has 5 rings (SSSR count). The zero-order valence-corrected chi connectivity index (χ0v) is 24.4. The third kappa shape index (κ3) is 6.28. The Morgan fingerprint density at radius 1 is 1.24 bits per heavy atom. The summed E-state index contributed by atoms with van der Waals surface area (Å²) in [4.78, 5) is 56.9. The molecule has 2 aliphatic heterocycles. The first kappa shape index (κ1) is 29.2. The predicted molar refractivity (Wildman–Crippen MR) is 152 cm³/mol. The number of fused-ring (bicyclic) bond motifs is 1. The predicted octanol–water partition coefficient (Wildman–Crippen LogP) is 2.09. The van der Waals surface area contributed by atoms with Crippen LogP contribution in [0.15, 0.2) is 65.2 Å². The van der Waals surface area contributed by atoms with Crippen molar-refractivity contribution in [2.75, 3.05) is 11.5 Å². The molecule has 3 atom stereocenters. The fourth-order valence-corrected chi connectivity index (χ4v) is 6.63. The number of aliphatic carboxylic acids is 1. The lowest BCUT2D eigenvalue weighted by atomic mass is 10.0. The average molecular weight is 613 g/mol. The Morgan fingerprint density at radius 3 is 2.67 bits per heavy atom. The molecule has 3 aromatic rings. The number of nitrogens with zero attached hydrogens (tertiary/aromatic N) is 5. The Hall–Kier alpha value is -4.31. The van der Waals surface area contributed by atoms with Crippen molar-refractivity contribution in [3.8, 4) is 5.95 Å². The fraction of sp³-hybridized carbons (Fsp3) is 0.346. The van der Waals surface area contributed by atoms with Gasteiger partial charge in [-0.05, 0) is 38.0 Å². The topological polar surface area (TPSA) is 184 Å². The van der Waals surface area contributed by atoms with Gasteiger partial charge in [0.1, 0.15) is 28.8 Å². The number of carboxylic acids is 1.